The van der Waals surface area contributed by atoms with Crippen LogP contribution < -0.4 is 20.3 Å². The SMILES string of the molecule is CC[C@@H](C(=O)NCCc1ccc(OC)c(OC)c1)n1nc(C)c2sc3ccccc3c2c1=O. The monoisotopic (exact) mass is 465 g/mol. The third-order valence-electron chi connectivity index (χ3n) is 5.75. The predicted molar refractivity (Wildman–Crippen MR) is 132 cm³/mol. The molecule has 0 aliphatic heterocycles. The van der Waals surface area contributed by atoms with Crippen molar-refractivity contribution in [3.8, 4) is 11.5 Å². The average Bonchev–Trinajstić information content (AvgIpc) is 3.23. The number of benzene rings is 2. The Balaban J connectivity index is 1.56. The van der Waals surface area contributed by atoms with E-state index in [-0.39, 0.29) is 11.5 Å². The Morgan fingerprint density at radius 3 is 2.64 bits per heavy atom. The first-order valence-corrected chi connectivity index (χ1v) is 11.7. The highest BCUT2D eigenvalue weighted by Gasteiger charge is 2.24. The van der Waals surface area contributed by atoms with Crippen molar-refractivity contribution in [2.24, 2.45) is 0 Å². The molecule has 0 saturated heterocycles. The molecule has 1 amide bonds. The van der Waals surface area contributed by atoms with Crippen LogP contribution in [0, 0.1) is 6.92 Å². The fourth-order valence-electron chi connectivity index (χ4n) is 4.04. The van der Waals surface area contributed by atoms with E-state index in [0.717, 1.165) is 26.0 Å². The summed E-state index contributed by atoms with van der Waals surface area (Å²) in [6.45, 7) is 4.20. The lowest BCUT2D eigenvalue weighted by Gasteiger charge is -2.18. The molecule has 8 heteroatoms. The van der Waals surface area contributed by atoms with Crippen molar-refractivity contribution >= 4 is 37.4 Å². The smallest absolute Gasteiger partial charge is 0.276 e. The van der Waals surface area contributed by atoms with Crippen LogP contribution in [0.2, 0.25) is 0 Å². The molecule has 0 saturated carbocycles. The van der Waals surface area contributed by atoms with Gasteiger partial charge in [0.2, 0.25) is 5.91 Å². The number of nitrogens with zero attached hydrogens (tertiary/aromatic N) is 2. The van der Waals surface area contributed by atoms with Crippen molar-refractivity contribution in [1.82, 2.24) is 15.1 Å². The highest BCUT2D eigenvalue weighted by Crippen LogP contribution is 2.33. The third kappa shape index (κ3) is 4.30. The Kier molecular flexibility index (Phi) is 6.65. The number of aryl methyl sites for hydroxylation is 1. The maximum atomic E-state index is 13.4. The van der Waals surface area contributed by atoms with Crippen molar-refractivity contribution < 1.29 is 14.3 Å². The van der Waals surface area contributed by atoms with E-state index >= 15 is 0 Å². The largest absolute Gasteiger partial charge is 0.493 e. The van der Waals surface area contributed by atoms with Crippen molar-refractivity contribution in [3.05, 3.63) is 64.1 Å². The second-order valence-electron chi connectivity index (χ2n) is 7.79. The number of carbonyl (C=O) groups excluding carboxylic acids is 1. The lowest BCUT2D eigenvalue weighted by Crippen LogP contribution is -2.39. The van der Waals surface area contributed by atoms with Crippen LogP contribution in [0.5, 0.6) is 11.5 Å². The summed E-state index contributed by atoms with van der Waals surface area (Å²) in [6, 6.07) is 12.8. The van der Waals surface area contributed by atoms with Crippen LogP contribution in [0.3, 0.4) is 0 Å². The molecule has 0 spiro atoms. The van der Waals surface area contributed by atoms with Gasteiger partial charge in [-0.05, 0) is 43.5 Å². The lowest BCUT2D eigenvalue weighted by molar-refractivity contribution is -0.124. The van der Waals surface area contributed by atoms with E-state index in [1.54, 1.807) is 25.6 Å². The molecule has 0 fully saturated rings. The number of carbonyl (C=O) groups is 1. The fraction of sp³-hybridized carbons (Fsp3) is 0.320. The maximum Gasteiger partial charge on any atom is 0.276 e. The number of fused-ring (bicyclic) bond motifs is 3. The molecule has 1 N–H and O–H groups in total. The summed E-state index contributed by atoms with van der Waals surface area (Å²) in [4.78, 5) is 26.4. The van der Waals surface area contributed by atoms with Gasteiger partial charge in [-0.1, -0.05) is 31.2 Å². The Hall–Kier alpha value is -3.39. The summed E-state index contributed by atoms with van der Waals surface area (Å²) in [5, 5.41) is 9.03. The number of methoxy groups -OCH3 is 2. The van der Waals surface area contributed by atoms with E-state index in [1.165, 1.54) is 4.68 Å². The Labute approximate surface area is 195 Å². The normalized spacial score (nSPS) is 12.1. The average molecular weight is 466 g/mol. The van der Waals surface area contributed by atoms with Crippen LogP contribution in [-0.2, 0) is 11.2 Å². The minimum absolute atomic E-state index is 0.217. The minimum atomic E-state index is -0.676. The molecule has 0 aliphatic carbocycles. The molecule has 172 valence electrons. The second kappa shape index (κ2) is 9.62. The molecule has 2 aromatic carbocycles. The quantitative estimate of drug-likeness (QED) is 0.421. The molecule has 4 aromatic rings. The Bertz CT molecular complexity index is 1380. The first-order valence-electron chi connectivity index (χ1n) is 10.9. The van der Waals surface area contributed by atoms with E-state index in [4.69, 9.17) is 9.47 Å². The lowest BCUT2D eigenvalue weighted by atomic mass is 10.1. The van der Waals surface area contributed by atoms with Gasteiger partial charge in [0.25, 0.3) is 5.56 Å². The van der Waals surface area contributed by atoms with Gasteiger partial charge in [-0.3, -0.25) is 9.59 Å². The van der Waals surface area contributed by atoms with Gasteiger partial charge < -0.3 is 14.8 Å². The topological polar surface area (TPSA) is 82.4 Å². The Morgan fingerprint density at radius 2 is 1.91 bits per heavy atom. The molecule has 2 aromatic heterocycles. The summed E-state index contributed by atoms with van der Waals surface area (Å²) in [6.07, 6.45) is 1.08. The summed E-state index contributed by atoms with van der Waals surface area (Å²) in [5.74, 6) is 1.09. The summed E-state index contributed by atoms with van der Waals surface area (Å²) in [5.41, 5.74) is 1.54. The standard InChI is InChI=1S/C25H27N3O4S/c1-5-18(24(29)26-13-12-16-10-11-19(31-3)20(14-16)32-4)28-25(30)22-17-8-6-7-9-21(17)33-23(22)15(2)27-28/h6-11,14,18H,5,12-13H2,1-4H3,(H,26,29)/t18-/m0/s1. The van der Waals surface area contributed by atoms with Crippen molar-refractivity contribution in [1.29, 1.82) is 0 Å². The summed E-state index contributed by atoms with van der Waals surface area (Å²) in [7, 11) is 3.19. The van der Waals surface area contributed by atoms with Crippen LogP contribution in [0.1, 0.15) is 30.6 Å². The zero-order valence-electron chi connectivity index (χ0n) is 19.2. The van der Waals surface area contributed by atoms with Gasteiger partial charge in [-0.25, -0.2) is 4.68 Å². The van der Waals surface area contributed by atoms with Crippen LogP contribution in [0.4, 0.5) is 0 Å². The number of rotatable bonds is 8. The highest BCUT2D eigenvalue weighted by molar-refractivity contribution is 7.26. The molecule has 7 nitrogen and oxygen atoms in total. The van der Waals surface area contributed by atoms with Gasteiger partial charge in [0.15, 0.2) is 11.5 Å². The van der Waals surface area contributed by atoms with Crippen LogP contribution in [0.25, 0.3) is 20.2 Å². The molecule has 4 rings (SSSR count). The molecular formula is C25H27N3O4S. The number of aromatic nitrogens is 2. The van der Waals surface area contributed by atoms with Gasteiger partial charge in [0, 0.05) is 16.6 Å². The molecule has 0 bridgehead atoms. The molecule has 0 radical (unpaired) electrons. The van der Waals surface area contributed by atoms with Gasteiger partial charge in [0.1, 0.15) is 6.04 Å². The van der Waals surface area contributed by atoms with E-state index in [0.29, 0.717) is 36.3 Å². The number of thiophene rings is 1. The number of hydrogen-bond acceptors (Lipinski definition) is 6. The van der Waals surface area contributed by atoms with Crippen molar-refractivity contribution in [3.63, 3.8) is 0 Å². The number of ether oxygens (including phenoxy) is 2. The molecule has 0 unspecified atom stereocenters. The van der Waals surface area contributed by atoms with E-state index < -0.39 is 6.04 Å². The van der Waals surface area contributed by atoms with Gasteiger partial charge in [-0.15, -0.1) is 11.3 Å². The van der Waals surface area contributed by atoms with Gasteiger partial charge in [-0.2, -0.15) is 5.10 Å². The van der Waals surface area contributed by atoms with Crippen molar-refractivity contribution in [2.75, 3.05) is 20.8 Å². The summed E-state index contributed by atoms with van der Waals surface area (Å²) < 4.78 is 13.9. The zero-order chi connectivity index (χ0) is 23.5. The summed E-state index contributed by atoms with van der Waals surface area (Å²) >= 11 is 1.56. The molecule has 0 aliphatic rings. The van der Waals surface area contributed by atoms with E-state index in [1.807, 2.05) is 56.3 Å². The first kappa shape index (κ1) is 22.8. The van der Waals surface area contributed by atoms with Crippen molar-refractivity contribution in [2.45, 2.75) is 32.7 Å². The third-order valence-corrected chi connectivity index (χ3v) is 7.03. The number of amides is 1. The van der Waals surface area contributed by atoms with Crippen LogP contribution in [0.15, 0.2) is 47.3 Å². The van der Waals surface area contributed by atoms with Gasteiger partial charge in [0.05, 0.1) is 30.0 Å². The first-order chi connectivity index (χ1) is 16.0. The molecule has 33 heavy (non-hydrogen) atoms. The molecule has 1 atom stereocenters. The number of nitrogens with one attached hydrogen (secondary N) is 1. The highest BCUT2D eigenvalue weighted by atomic mass is 32.1. The minimum Gasteiger partial charge on any atom is -0.493 e. The Morgan fingerprint density at radius 1 is 1.15 bits per heavy atom. The predicted octanol–water partition coefficient (Wildman–Crippen LogP) is 4.25. The van der Waals surface area contributed by atoms with Crippen LogP contribution >= 0.6 is 11.3 Å². The van der Waals surface area contributed by atoms with Gasteiger partial charge >= 0.3 is 0 Å². The van der Waals surface area contributed by atoms with Crippen LogP contribution in [-0.4, -0.2) is 36.5 Å². The molecule has 2 heterocycles. The van der Waals surface area contributed by atoms with E-state index in [9.17, 15) is 9.59 Å². The maximum absolute atomic E-state index is 13.4. The second-order valence-corrected chi connectivity index (χ2v) is 8.84. The zero-order valence-corrected chi connectivity index (χ0v) is 20.0. The van der Waals surface area contributed by atoms with E-state index in [2.05, 4.69) is 10.4 Å². The number of hydrogen-bond donors (Lipinski definition) is 1. The fourth-order valence-corrected chi connectivity index (χ4v) is 5.18. The molecular weight excluding hydrogens is 438 g/mol.